The van der Waals surface area contributed by atoms with Crippen molar-refractivity contribution in [1.82, 2.24) is 34.1 Å². The third-order valence-electron chi connectivity index (χ3n) is 7.46. The second-order valence-electron chi connectivity index (χ2n) is 10.5. The first kappa shape index (κ1) is 30.5. The Morgan fingerprint density at radius 3 is 2.58 bits per heavy atom. The van der Waals surface area contributed by atoms with Gasteiger partial charge in [0.25, 0.3) is 5.56 Å². The van der Waals surface area contributed by atoms with Crippen LogP contribution in [0, 0.1) is 6.92 Å². The van der Waals surface area contributed by atoms with E-state index >= 15 is 0 Å². The average Bonchev–Trinajstić information content (AvgIpc) is 3.72. The van der Waals surface area contributed by atoms with E-state index in [-0.39, 0.29) is 33.8 Å². The second-order valence-corrected chi connectivity index (χ2v) is 13.6. The normalized spacial score (nSPS) is 37.7. The fraction of sp³-hybridized carbons (Fsp3) is 0.500. The van der Waals surface area contributed by atoms with Crippen LogP contribution in [0.2, 0.25) is 0 Å². The van der Waals surface area contributed by atoms with Crippen molar-refractivity contribution < 1.29 is 56.9 Å². The number of hydrogen-bond acceptors (Lipinski definition) is 16. The van der Waals surface area contributed by atoms with Gasteiger partial charge in [0.15, 0.2) is 42.7 Å². The first-order chi connectivity index (χ1) is 21.3. The molecule has 0 radical (unpaired) electrons. The number of anilines is 1. The van der Waals surface area contributed by atoms with Crippen LogP contribution in [0.25, 0.3) is 22.2 Å². The van der Waals surface area contributed by atoms with Crippen molar-refractivity contribution in [3.63, 3.8) is 0 Å². The molecule has 4 aromatic rings. The van der Waals surface area contributed by atoms with Gasteiger partial charge in [0.2, 0.25) is 0 Å². The summed E-state index contributed by atoms with van der Waals surface area (Å²) < 4.78 is 61.7. The number of rotatable bonds is 2. The first-order valence-electron chi connectivity index (χ1n) is 13.3. The highest BCUT2D eigenvalue weighted by atomic mass is 31.2. The lowest BCUT2D eigenvalue weighted by Gasteiger charge is -2.28. The van der Waals surface area contributed by atoms with Crippen LogP contribution in [-0.2, 0) is 36.9 Å². The predicted molar refractivity (Wildman–Crippen MR) is 146 cm³/mol. The zero-order valence-electron chi connectivity index (χ0n) is 23.0. The molecule has 23 heteroatoms. The number of imidazole rings is 1. The summed E-state index contributed by atoms with van der Waals surface area (Å²) in [7, 11) is -9.78. The Balaban J connectivity index is 1.17. The van der Waals surface area contributed by atoms with Crippen molar-refractivity contribution in [1.29, 1.82) is 0 Å². The summed E-state index contributed by atoms with van der Waals surface area (Å²) in [6.45, 7) is 0.772. The maximum atomic E-state index is 13.2. The molecule has 4 aromatic heterocycles. The largest absolute Gasteiger partial charge is 0.472 e. The molecule has 7 N–H and O–H groups in total. The molecule has 10 atom stereocenters. The zero-order valence-corrected chi connectivity index (χ0v) is 24.7. The van der Waals surface area contributed by atoms with Gasteiger partial charge in [-0.2, -0.15) is 0 Å². The van der Waals surface area contributed by atoms with Gasteiger partial charge in [-0.05, 0) is 13.0 Å². The quantitative estimate of drug-likeness (QED) is 0.139. The number of nitrogens with one attached hydrogen (secondary N) is 1. The van der Waals surface area contributed by atoms with Gasteiger partial charge in [0.05, 0.1) is 18.3 Å². The molecule has 4 unspecified atom stereocenters. The molecule has 45 heavy (non-hydrogen) atoms. The topological polar surface area (TPSA) is 291 Å². The maximum Gasteiger partial charge on any atom is 0.472 e. The highest BCUT2D eigenvalue weighted by molar-refractivity contribution is 7.52. The van der Waals surface area contributed by atoms with Crippen LogP contribution in [-0.4, -0.2) is 104 Å². The Morgan fingerprint density at radius 1 is 1.02 bits per heavy atom. The average molecular weight is 672 g/mol. The van der Waals surface area contributed by atoms with Crippen LogP contribution < -0.4 is 11.3 Å². The van der Waals surface area contributed by atoms with Crippen LogP contribution in [0.3, 0.4) is 0 Å². The molecular weight excluding hydrogens is 646 g/mol. The number of aliphatic hydroxyl groups is 2. The number of ether oxygens (including phenoxy) is 3. The summed E-state index contributed by atoms with van der Waals surface area (Å²) in [6, 6.07) is 1.44. The number of nitrogens with two attached hydrogens (primary N) is 1. The van der Waals surface area contributed by atoms with Crippen LogP contribution >= 0.6 is 15.4 Å². The number of hydrogen-bond donors (Lipinski definition) is 6. The Kier molecular flexibility index (Phi) is 7.43. The van der Waals surface area contributed by atoms with E-state index < -0.39 is 83.2 Å². The van der Waals surface area contributed by atoms with E-state index in [4.69, 9.17) is 33.5 Å². The van der Waals surface area contributed by atoms with Crippen molar-refractivity contribution in [2.45, 2.75) is 56.2 Å². The lowest BCUT2D eigenvalue weighted by atomic mass is 10.1. The minimum Gasteiger partial charge on any atom is -0.386 e. The smallest absolute Gasteiger partial charge is 0.386 e. The van der Waals surface area contributed by atoms with Gasteiger partial charge in [0, 0.05) is 6.20 Å². The summed E-state index contributed by atoms with van der Waals surface area (Å²) >= 11 is 0. The van der Waals surface area contributed by atoms with Crippen LogP contribution in [0.15, 0.2) is 29.7 Å². The van der Waals surface area contributed by atoms with Gasteiger partial charge < -0.3 is 49.5 Å². The van der Waals surface area contributed by atoms with Gasteiger partial charge >= 0.3 is 15.4 Å². The van der Waals surface area contributed by atoms with Crippen LogP contribution in [0.5, 0.6) is 0 Å². The highest BCUT2D eigenvalue weighted by Gasteiger charge is 2.54. The molecule has 0 spiro atoms. The summed E-state index contributed by atoms with van der Waals surface area (Å²) in [5.74, 6) is 0.316. The molecule has 0 saturated carbocycles. The summed E-state index contributed by atoms with van der Waals surface area (Å²) in [5, 5.41) is 22.5. The lowest BCUT2D eigenvalue weighted by molar-refractivity contribution is -0.168. The summed E-state index contributed by atoms with van der Waals surface area (Å²) in [6.07, 6.45) is -9.82. The Morgan fingerprint density at radius 2 is 1.78 bits per heavy atom. The molecule has 21 nitrogen and oxygen atoms in total. The van der Waals surface area contributed by atoms with E-state index in [1.54, 1.807) is 6.92 Å². The number of fused-ring (bicyclic) bond motifs is 4. The van der Waals surface area contributed by atoms with E-state index in [1.165, 1.54) is 27.7 Å². The predicted octanol–water partition coefficient (Wildman–Crippen LogP) is -1.01. The molecule has 0 aromatic carbocycles. The molecule has 3 aliphatic heterocycles. The summed E-state index contributed by atoms with van der Waals surface area (Å²) in [4.78, 5) is 52.5. The molecule has 0 aliphatic carbocycles. The minimum atomic E-state index is -5.04. The van der Waals surface area contributed by atoms with Crippen LogP contribution in [0.1, 0.15) is 18.3 Å². The standard InChI is InChI=1S/C22H26N8O13P2/c1-8-27-17-9(19(33)28-8)2-3-29(17)20-12(31)14-10(40-20)4-39-45(36,37)43-15-13(32)21(41-22(15)38-7-44(34,35)42-14)30-6-26-11-16(23)24-5-25-18(11)30/h2-3,5-6,10,12-15,20-22,31-32H,4,7H2,1H3,(H,34,35)(H,36,37)(H2,23,24,25)(H,27,28,33)/t10-,12?,13?,14+,15-,20-,21-,22+/m1/s1. The van der Waals surface area contributed by atoms with Crippen molar-refractivity contribution in [2.24, 2.45) is 0 Å². The van der Waals surface area contributed by atoms with E-state index in [2.05, 4.69) is 24.9 Å². The molecular formula is C22H26N8O13P2. The highest BCUT2D eigenvalue weighted by Crippen LogP contribution is 2.53. The van der Waals surface area contributed by atoms with E-state index in [1.807, 2.05) is 0 Å². The Bertz CT molecular complexity index is 1930. The molecule has 7 rings (SSSR count). The van der Waals surface area contributed by atoms with Crippen molar-refractivity contribution in [3.05, 3.63) is 41.1 Å². The number of nitrogens with zero attached hydrogens (tertiary/aromatic N) is 6. The summed E-state index contributed by atoms with van der Waals surface area (Å²) in [5.41, 5.74) is 5.84. The molecule has 3 saturated heterocycles. The van der Waals surface area contributed by atoms with Gasteiger partial charge in [-0.15, -0.1) is 0 Å². The van der Waals surface area contributed by atoms with Crippen molar-refractivity contribution in [2.75, 3.05) is 18.7 Å². The number of phosphoric acid groups is 1. The van der Waals surface area contributed by atoms with Gasteiger partial charge in [0.1, 0.15) is 47.7 Å². The number of aliphatic hydroxyl groups excluding tert-OH is 2. The van der Waals surface area contributed by atoms with E-state index in [9.17, 15) is 33.9 Å². The molecule has 0 amide bonds. The molecule has 0 bridgehead atoms. The Hall–Kier alpha value is -3.17. The molecule has 3 aliphatic rings. The number of aromatic amines is 1. The third-order valence-corrected chi connectivity index (χ3v) is 9.49. The van der Waals surface area contributed by atoms with Crippen LogP contribution in [0.4, 0.5) is 5.82 Å². The number of nitrogen functional groups attached to an aromatic ring is 1. The molecule has 3 fully saturated rings. The fourth-order valence-corrected chi connectivity index (χ4v) is 7.43. The maximum absolute atomic E-state index is 13.2. The SMILES string of the molecule is Cc1nc2c(ccn2[C@@H]2O[C@@H]3COP(=O)(O)O[C@@H]4C(O)[C@H](n5cnc6c(N)ncnc65)O[C@@H]4OCP(=O)(O)O[C@@H]3C2O)c(=O)[nH]1. The number of aromatic nitrogens is 7. The monoisotopic (exact) mass is 672 g/mol. The minimum absolute atomic E-state index is 0.0408. The number of H-pyrrole nitrogens is 1. The van der Waals surface area contributed by atoms with Gasteiger partial charge in [-0.25, -0.2) is 24.5 Å². The van der Waals surface area contributed by atoms with E-state index in [0.717, 1.165) is 6.33 Å². The fourth-order valence-electron chi connectivity index (χ4n) is 5.46. The number of phosphoric ester groups is 1. The lowest BCUT2D eigenvalue weighted by Crippen LogP contribution is -2.38. The first-order valence-corrected chi connectivity index (χ1v) is 16.5. The number of aryl methyl sites for hydroxylation is 1. The van der Waals surface area contributed by atoms with Gasteiger partial charge in [-0.3, -0.25) is 27.5 Å². The Labute approximate surface area is 250 Å². The second kappa shape index (κ2) is 11.0. The van der Waals surface area contributed by atoms with Gasteiger partial charge in [-0.1, -0.05) is 0 Å². The zero-order chi connectivity index (χ0) is 31.8. The molecule has 242 valence electrons. The van der Waals surface area contributed by atoms with Crippen molar-refractivity contribution in [3.8, 4) is 0 Å². The molecule has 7 heterocycles. The van der Waals surface area contributed by atoms with E-state index in [0.29, 0.717) is 0 Å². The van der Waals surface area contributed by atoms with Crippen molar-refractivity contribution >= 4 is 43.4 Å². The third kappa shape index (κ3) is 5.39.